The van der Waals surface area contributed by atoms with Crippen molar-refractivity contribution in [3.63, 3.8) is 0 Å². The number of aliphatic hydroxyl groups excluding tert-OH is 1. The lowest BCUT2D eigenvalue weighted by molar-refractivity contribution is -0.136. The van der Waals surface area contributed by atoms with E-state index in [1.165, 1.54) is 0 Å². The summed E-state index contributed by atoms with van der Waals surface area (Å²) in [5, 5.41) is 11.7. The Bertz CT molecular complexity index is 1180. The molecule has 214 valence electrons. The van der Waals surface area contributed by atoms with Gasteiger partial charge in [0.1, 0.15) is 31.1 Å². The Morgan fingerprint density at radius 3 is 2.75 bits per heavy atom. The van der Waals surface area contributed by atoms with Gasteiger partial charge in [-0.2, -0.15) is 0 Å². The standard InChI is InChI=1S/C30H36N2O8/c33-13-11-31-28(34)22-2-1-12-32(22)29(35)21-15-25-27(38-17-37-25)26(16-21)40-30(36)20-8-5-18(6-9-20)3-4-19-7-10-23-24(14-19)39-23/h3-6,8-9,15,19,22-27,33H,1-2,7,10-14,16-17H2,(H,31,34). The second-order valence-corrected chi connectivity index (χ2v) is 11.2. The lowest BCUT2D eigenvalue weighted by Crippen LogP contribution is -2.49. The molecule has 0 spiro atoms. The van der Waals surface area contributed by atoms with Crippen LogP contribution >= 0.6 is 0 Å². The third kappa shape index (κ3) is 5.85. The lowest BCUT2D eigenvalue weighted by atomic mass is 9.89. The van der Waals surface area contributed by atoms with Crippen molar-refractivity contribution < 1.29 is 38.4 Å². The number of aliphatic hydroxyl groups is 1. The molecule has 3 heterocycles. The number of nitrogens with one attached hydrogen (secondary N) is 1. The normalized spacial score (nSPS) is 32.8. The molecule has 6 rings (SSSR count). The summed E-state index contributed by atoms with van der Waals surface area (Å²) < 4.78 is 22.9. The van der Waals surface area contributed by atoms with E-state index in [0.29, 0.717) is 48.6 Å². The Hall–Kier alpha value is -3.05. The summed E-state index contributed by atoms with van der Waals surface area (Å²) in [6.07, 6.45) is 10.1. The van der Waals surface area contributed by atoms with Crippen LogP contribution in [-0.4, -0.2) is 90.8 Å². The third-order valence-electron chi connectivity index (χ3n) is 8.51. The van der Waals surface area contributed by atoms with Gasteiger partial charge in [0.15, 0.2) is 0 Å². The number of epoxide rings is 1. The largest absolute Gasteiger partial charge is 0.456 e. The summed E-state index contributed by atoms with van der Waals surface area (Å²) in [7, 11) is 0. The molecule has 10 nitrogen and oxygen atoms in total. The second kappa shape index (κ2) is 11.8. The number of esters is 1. The number of carbonyl (C=O) groups excluding carboxylic acids is 3. The van der Waals surface area contributed by atoms with Gasteiger partial charge in [0.2, 0.25) is 11.8 Å². The zero-order valence-corrected chi connectivity index (χ0v) is 22.4. The van der Waals surface area contributed by atoms with Crippen LogP contribution in [0, 0.1) is 5.92 Å². The van der Waals surface area contributed by atoms with E-state index in [1.807, 2.05) is 12.1 Å². The maximum atomic E-state index is 13.5. The number of amides is 2. The van der Waals surface area contributed by atoms with E-state index in [2.05, 4.69) is 17.5 Å². The van der Waals surface area contributed by atoms with Crippen molar-refractivity contribution in [3.05, 3.63) is 53.1 Å². The van der Waals surface area contributed by atoms with E-state index in [9.17, 15) is 14.4 Å². The first kappa shape index (κ1) is 27.1. The fraction of sp³-hybridized carbons (Fsp3) is 0.567. The van der Waals surface area contributed by atoms with Gasteiger partial charge < -0.3 is 34.3 Å². The molecule has 5 aliphatic rings. The predicted octanol–water partition coefficient (Wildman–Crippen LogP) is 1.96. The lowest BCUT2D eigenvalue weighted by Gasteiger charge is -2.32. The highest BCUT2D eigenvalue weighted by Gasteiger charge is 2.45. The van der Waals surface area contributed by atoms with Gasteiger partial charge in [0, 0.05) is 25.1 Å². The Morgan fingerprint density at radius 2 is 1.95 bits per heavy atom. The number of carbonyl (C=O) groups is 3. The molecule has 0 aromatic heterocycles. The van der Waals surface area contributed by atoms with E-state index in [1.54, 1.807) is 23.1 Å². The zero-order chi connectivity index (χ0) is 27.6. The molecule has 2 amide bonds. The monoisotopic (exact) mass is 552 g/mol. The molecule has 1 saturated carbocycles. The van der Waals surface area contributed by atoms with Crippen molar-refractivity contribution in [2.75, 3.05) is 26.5 Å². The highest BCUT2D eigenvalue weighted by atomic mass is 16.7. The average Bonchev–Trinajstić information content (AvgIpc) is 3.32. The van der Waals surface area contributed by atoms with Crippen LogP contribution in [0.5, 0.6) is 0 Å². The Morgan fingerprint density at radius 1 is 1.10 bits per heavy atom. The van der Waals surface area contributed by atoms with Gasteiger partial charge in [0.25, 0.3) is 0 Å². The number of rotatable bonds is 8. The van der Waals surface area contributed by atoms with Crippen molar-refractivity contribution >= 4 is 23.9 Å². The smallest absolute Gasteiger partial charge is 0.338 e. The van der Waals surface area contributed by atoms with E-state index in [0.717, 1.165) is 24.8 Å². The van der Waals surface area contributed by atoms with Crippen LogP contribution in [0.15, 0.2) is 42.0 Å². The summed E-state index contributed by atoms with van der Waals surface area (Å²) in [5.41, 5.74) is 1.87. The molecular weight excluding hydrogens is 516 g/mol. The van der Waals surface area contributed by atoms with E-state index in [-0.39, 0.29) is 38.2 Å². The molecule has 7 atom stereocenters. The topological polar surface area (TPSA) is 127 Å². The molecule has 0 radical (unpaired) electrons. The molecule has 2 N–H and O–H groups in total. The van der Waals surface area contributed by atoms with Crippen LogP contribution in [0.1, 0.15) is 54.4 Å². The SMILES string of the molecule is O=C(OC1CC(C(=O)N2CCCC2C(=O)NCCO)=CC2OCOC21)c1ccc(C=CC2CCC3OC3C2)cc1. The summed E-state index contributed by atoms with van der Waals surface area (Å²) in [5.74, 6) is -0.512. The van der Waals surface area contributed by atoms with Gasteiger partial charge in [-0.3, -0.25) is 9.59 Å². The molecule has 0 bridgehead atoms. The summed E-state index contributed by atoms with van der Waals surface area (Å²) in [6.45, 7) is 0.481. The van der Waals surface area contributed by atoms with Gasteiger partial charge in [-0.1, -0.05) is 24.3 Å². The number of fused-ring (bicyclic) bond motifs is 2. The minimum Gasteiger partial charge on any atom is -0.456 e. The Kier molecular flexibility index (Phi) is 8.02. The number of nitrogens with zero attached hydrogens (tertiary/aromatic N) is 1. The Labute approximate surface area is 233 Å². The van der Waals surface area contributed by atoms with Crippen molar-refractivity contribution in [2.24, 2.45) is 5.92 Å². The first-order valence-corrected chi connectivity index (χ1v) is 14.3. The molecule has 3 aliphatic heterocycles. The highest BCUT2D eigenvalue weighted by molar-refractivity contribution is 5.98. The van der Waals surface area contributed by atoms with Crippen molar-refractivity contribution in [1.82, 2.24) is 10.2 Å². The van der Waals surface area contributed by atoms with Gasteiger partial charge >= 0.3 is 5.97 Å². The number of hydrogen-bond donors (Lipinski definition) is 2. The second-order valence-electron chi connectivity index (χ2n) is 11.2. The predicted molar refractivity (Wildman–Crippen MR) is 143 cm³/mol. The number of allylic oxidation sites excluding steroid dienone is 1. The molecular formula is C30H36N2O8. The first-order chi connectivity index (χ1) is 19.5. The maximum absolute atomic E-state index is 13.5. The fourth-order valence-electron chi connectivity index (χ4n) is 6.27. The van der Waals surface area contributed by atoms with Crippen LogP contribution in [-0.2, 0) is 28.5 Å². The van der Waals surface area contributed by atoms with E-state index < -0.39 is 30.3 Å². The van der Waals surface area contributed by atoms with Crippen molar-refractivity contribution in [1.29, 1.82) is 0 Å². The van der Waals surface area contributed by atoms with Gasteiger partial charge in [-0.15, -0.1) is 0 Å². The van der Waals surface area contributed by atoms with Crippen LogP contribution in [0.4, 0.5) is 0 Å². The van der Waals surface area contributed by atoms with Gasteiger partial charge in [-0.05, 0) is 61.8 Å². The maximum Gasteiger partial charge on any atom is 0.338 e. The number of likely N-dealkylation sites (tertiary alicyclic amines) is 1. The van der Waals surface area contributed by atoms with Crippen LogP contribution in [0.25, 0.3) is 6.08 Å². The van der Waals surface area contributed by atoms with Crippen molar-refractivity contribution in [2.45, 2.75) is 75.1 Å². The summed E-state index contributed by atoms with van der Waals surface area (Å²) in [6, 6.07) is 6.70. The molecule has 1 aromatic carbocycles. The minimum atomic E-state index is -0.701. The molecule has 40 heavy (non-hydrogen) atoms. The quantitative estimate of drug-likeness (QED) is 0.370. The van der Waals surface area contributed by atoms with Crippen LogP contribution < -0.4 is 5.32 Å². The average molecular weight is 553 g/mol. The van der Waals surface area contributed by atoms with Crippen LogP contribution in [0.3, 0.4) is 0 Å². The first-order valence-electron chi connectivity index (χ1n) is 14.3. The molecule has 1 aromatic rings. The zero-order valence-electron chi connectivity index (χ0n) is 22.4. The molecule has 2 aliphatic carbocycles. The molecule has 3 saturated heterocycles. The molecule has 7 unspecified atom stereocenters. The van der Waals surface area contributed by atoms with E-state index in [4.69, 9.17) is 24.1 Å². The van der Waals surface area contributed by atoms with Crippen molar-refractivity contribution in [3.8, 4) is 0 Å². The van der Waals surface area contributed by atoms with Crippen LogP contribution in [0.2, 0.25) is 0 Å². The number of hydrogen-bond acceptors (Lipinski definition) is 8. The summed E-state index contributed by atoms with van der Waals surface area (Å²) >= 11 is 0. The number of benzene rings is 1. The van der Waals surface area contributed by atoms with Gasteiger partial charge in [0.05, 0.1) is 24.4 Å². The van der Waals surface area contributed by atoms with Gasteiger partial charge in [-0.25, -0.2) is 4.79 Å². The molecule has 4 fully saturated rings. The minimum absolute atomic E-state index is 0.0484. The highest BCUT2D eigenvalue weighted by Crippen LogP contribution is 2.40. The van der Waals surface area contributed by atoms with E-state index >= 15 is 0 Å². The fourth-order valence-corrected chi connectivity index (χ4v) is 6.27. The molecule has 10 heteroatoms. The third-order valence-corrected chi connectivity index (χ3v) is 8.51. The Balaban J connectivity index is 1.08. The number of ether oxygens (including phenoxy) is 4. The summed E-state index contributed by atoms with van der Waals surface area (Å²) in [4.78, 5) is 40.7.